The number of benzene rings is 1. The highest BCUT2D eigenvalue weighted by molar-refractivity contribution is 7.99. The molecule has 0 amide bonds. The Morgan fingerprint density at radius 3 is 2.65 bits per heavy atom. The lowest BCUT2D eigenvalue weighted by Crippen LogP contribution is -1.92. The third-order valence-electron chi connectivity index (χ3n) is 2.10. The van der Waals surface area contributed by atoms with E-state index in [1.54, 1.807) is 0 Å². The first-order valence-electron chi connectivity index (χ1n) is 5.18. The third-order valence-corrected chi connectivity index (χ3v) is 3.07. The van der Waals surface area contributed by atoms with E-state index in [1.165, 1.54) is 24.2 Å². The number of hydrogen-bond donors (Lipinski definition) is 0. The topological polar surface area (TPSA) is 56.0 Å². The molecular formula is C12H12N2O2S. The normalized spacial score (nSPS) is 10.5. The van der Waals surface area contributed by atoms with E-state index in [9.17, 15) is 4.79 Å². The Hall–Kier alpha value is -1.62. The molecule has 0 atom stereocenters. The molecule has 0 fully saturated rings. The van der Waals surface area contributed by atoms with Gasteiger partial charge >= 0.3 is 0 Å². The summed E-state index contributed by atoms with van der Waals surface area (Å²) in [7, 11) is 0. The van der Waals surface area contributed by atoms with Gasteiger partial charge in [-0.15, -0.1) is 10.2 Å². The van der Waals surface area contributed by atoms with Gasteiger partial charge in [0.15, 0.2) is 0 Å². The second-order valence-electron chi connectivity index (χ2n) is 3.73. The number of nitrogens with zero attached hydrogens (tertiary/aromatic N) is 2. The van der Waals surface area contributed by atoms with Crippen LogP contribution in [0.25, 0.3) is 11.5 Å². The zero-order valence-electron chi connectivity index (χ0n) is 9.64. The van der Waals surface area contributed by atoms with Crippen LogP contribution in [0.3, 0.4) is 0 Å². The van der Waals surface area contributed by atoms with Gasteiger partial charge in [0.2, 0.25) is 5.89 Å². The van der Waals surface area contributed by atoms with Gasteiger partial charge in [0, 0.05) is 5.56 Å². The van der Waals surface area contributed by atoms with Gasteiger partial charge in [-0.05, 0) is 26.0 Å². The summed E-state index contributed by atoms with van der Waals surface area (Å²) in [5.74, 6) is 0.927. The Morgan fingerprint density at radius 2 is 2.00 bits per heavy atom. The summed E-state index contributed by atoms with van der Waals surface area (Å²) in [6.07, 6.45) is 0. The number of hydrogen-bond acceptors (Lipinski definition) is 5. The first-order valence-corrected chi connectivity index (χ1v) is 6.16. The van der Waals surface area contributed by atoms with Crippen LogP contribution >= 0.6 is 11.8 Å². The molecule has 0 bridgehead atoms. The lowest BCUT2D eigenvalue weighted by Gasteiger charge is -1.95. The molecule has 0 radical (unpaired) electrons. The first-order chi connectivity index (χ1) is 8.15. The van der Waals surface area contributed by atoms with Gasteiger partial charge in [-0.25, -0.2) is 0 Å². The number of carbonyl (C=O) groups excluding carboxylic acids is 1. The maximum Gasteiger partial charge on any atom is 0.277 e. The Bertz CT molecular complexity index is 520. The Balaban J connectivity index is 2.12. The van der Waals surface area contributed by atoms with Crippen LogP contribution < -0.4 is 0 Å². The summed E-state index contributed by atoms with van der Waals surface area (Å²) in [5, 5.41) is 8.25. The van der Waals surface area contributed by atoms with Crippen molar-refractivity contribution in [2.75, 3.05) is 5.75 Å². The molecule has 0 spiro atoms. The number of carbonyl (C=O) groups is 1. The van der Waals surface area contributed by atoms with Crippen molar-refractivity contribution in [1.29, 1.82) is 0 Å². The van der Waals surface area contributed by atoms with Gasteiger partial charge < -0.3 is 4.42 Å². The van der Waals surface area contributed by atoms with Crippen LogP contribution in [0.15, 0.2) is 33.9 Å². The van der Waals surface area contributed by atoms with Crippen LogP contribution in [0.5, 0.6) is 0 Å². The van der Waals surface area contributed by atoms with E-state index in [1.807, 2.05) is 31.2 Å². The van der Waals surface area contributed by atoms with Gasteiger partial charge in [-0.3, -0.25) is 4.79 Å². The highest BCUT2D eigenvalue weighted by atomic mass is 32.2. The fourth-order valence-electron chi connectivity index (χ4n) is 1.24. The molecular weight excluding hydrogens is 236 g/mol. The molecule has 5 heteroatoms. The minimum Gasteiger partial charge on any atom is -0.411 e. The predicted octanol–water partition coefficient (Wildman–Crippen LogP) is 2.73. The smallest absolute Gasteiger partial charge is 0.277 e. The Kier molecular flexibility index (Phi) is 3.58. The minimum absolute atomic E-state index is 0.0880. The van der Waals surface area contributed by atoms with E-state index in [0.717, 1.165) is 5.56 Å². The van der Waals surface area contributed by atoms with Gasteiger partial charge in [0.25, 0.3) is 5.22 Å². The molecule has 1 aromatic carbocycles. The molecule has 0 N–H and O–H groups in total. The molecule has 2 rings (SSSR count). The van der Waals surface area contributed by atoms with Crippen molar-refractivity contribution < 1.29 is 9.21 Å². The van der Waals surface area contributed by atoms with E-state index in [4.69, 9.17) is 4.42 Å². The molecule has 1 aromatic heterocycles. The molecule has 0 aliphatic rings. The molecule has 88 valence electrons. The largest absolute Gasteiger partial charge is 0.411 e. The monoisotopic (exact) mass is 248 g/mol. The fraction of sp³-hybridized carbons (Fsp3) is 0.250. The molecule has 0 saturated carbocycles. The highest BCUT2D eigenvalue weighted by Crippen LogP contribution is 2.23. The summed E-state index contributed by atoms with van der Waals surface area (Å²) in [5.41, 5.74) is 2.07. The average molecular weight is 248 g/mol. The van der Waals surface area contributed by atoms with E-state index in [0.29, 0.717) is 16.9 Å². The van der Waals surface area contributed by atoms with Crippen LogP contribution in [-0.2, 0) is 4.79 Å². The lowest BCUT2D eigenvalue weighted by molar-refractivity contribution is -0.114. The second-order valence-corrected chi connectivity index (χ2v) is 4.66. The highest BCUT2D eigenvalue weighted by Gasteiger charge is 2.09. The maximum absolute atomic E-state index is 10.8. The van der Waals surface area contributed by atoms with Gasteiger partial charge in [-0.2, -0.15) is 0 Å². The van der Waals surface area contributed by atoms with Crippen molar-refractivity contribution in [3.8, 4) is 11.5 Å². The Labute approximate surface area is 103 Å². The van der Waals surface area contributed by atoms with E-state index >= 15 is 0 Å². The predicted molar refractivity (Wildman–Crippen MR) is 65.9 cm³/mol. The summed E-state index contributed by atoms with van der Waals surface area (Å²) in [6, 6.07) is 7.84. The van der Waals surface area contributed by atoms with Crippen molar-refractivity contribution in [3.05, 3.63) is 29.8 Å². The van der Waals surface area contributed by atoms with E-state index < -0.39 is 0 Å². The van der Waals surface area contributed by atoms with E-state index in [-0.39, 0.29) is 5.78 Å². The van der Waals surface area contributed by atoms with Crippen molar-refractivity contribution in [2.24, 2.45) is 0 Å². The van der Waals surface area contributed by atoms with Crippen LogP contribution in [-0.4, -0.2) is 21.7 Å². The first kappa shape index (κ1) is 11.9. The van der Waals surface area contributed by atoms with Crippen molar-refractivity contribution in [2.45, 2.75) is 19.1 Å². The van der Waals surface area contributed by atoms with Gasteiger partial charge in [-0.1, -0.05) is 29.5 Å². The van der Waals surface area contributed by atoms with Gasteiger partial charge in [0.05, 0.1) is 5.75 Å². The van der Waals surface area contributed by atoms with Crippen LogP contribution in [0.1, 0.15) is 12.5 Å². The summed E-state index contributed by atoms with van der Waals surface area (Å²) in [4.78, 5) is 10.8. The molecule has 0 aliphatic carbocycles. The fourth-order valence-corrected chi connectivity index (χ4v) is 1.81. The number of aromatic nitrogens is 2. The summed E-state index contributed by atoms with van der Waals surface area (Å²) < 4.78 is 5.45. The Morgan fingerprint density at radius 1 is 1.29 bits per heavy atom. The number of rotatable bonds is 4. The van der Waals surface area contributed by atoms with Crippen LogP contribution in [0.4, 0.5) is 0 Å². The minimum atomic E-state index is 0.0880. The maximum atomic E-state index is 10.8. The van der Waals surface area contributed by atoms with Crippen LogP contribution in [0, 0.1) is 6.92 Å². The second kappa shape index (κ2) is 5.14. The van der Waals surface area contributed by atoms with Crippen molar-refractivity contribution in [3.63, 3.8) is 0 Å². The molecule has 0 aliphatic heterocycles. The average Bonchev–Trinajstić information content (AvgIpc) is 2.76. The molecule has 2 aromatic rings. The zero-order valence-corrected chi connectivity index (χ0v) is 10.5. The molecule has 0 saturated heterocycles. The zero-order chi connectivity index (χ0) is 12.3. The molecule has 17 heavy (non-hydrogen) atoms. The number of Topliss-reactive ketones (excluding diaryl/α,β-unsaturated/α-hetero) is 1. The summed E-state index contributed by atoms with van der Waals surface area (Å²) >= 11 is 1.26. The lowest BCUT2D eigenvalue weighted by atomic mass is 10.1. The number of ketones is 1. The van der Waals surface area contributed by atoms with Crippen molar-refractivity contribution >= 4 is 17.5 Å². The standard InChI is InChI=1S/C12H12N2O2S/c1-8-3-5-10(6-4-8)11-13-14-12(16-11)17-7-9(2)15/h3-6H,7H2,1-2H3. The van der Waals surface area contributed by atoms with Crippen molar-refractivity contribution in [1.82, 2.24) is 10.2 Å². The van der Waals surface area contributed by atoms with E-state index in [2.05, 4.69) is 10.2 Å². The SMILES string of the molecule is CC(=O)CSc1nnc(-c2ccc(C)cc2)o1. The molecule has 0 unspecified atom stereocenters. The molecule has 4 nitrogen and oxygen atoms in total. The summed E-state index contributed by atoms with van der Waals surface area (Å²) in [6.45, 7) is 3.55. The number of aryl methyl sites for hydroxylation is 1. The van der Waals surface area contributed by atoms with Crippen LogP contribution in [0.2, 0.25) is 0 Å². The van der Waals surface area contributed by atoms with Gasteiger partial charge in [0.1, 0.15) is 5.78 Å². The molecule has 1 heterocycles. The number of thioether (sulfide) groups is 1. The third kappa shape index (κ3) is 3.17. The quantitative estimate of drug-likeness (QED) is 0.779.